The van der Waals surface area contributed by atoms with Crippen molar-refractivity contribution in [2.45, 2.75) is 12.2 Å². The van der Waals surface area contributed by atoms with Gasteiger partial charge < -0.3 is 15.5 Å². The Morgan fingerprint density at radius 1 is 1.32 bits per heavy atom. The molecule has 0 aliphatic rings. The molecule has 0 fully saturated rings. The summed E-state index contributed by atoms with van der Waals surface area (Å²) in [6.45, 7) is 1.23. The van der Waals surface area contributed by atoms with Crippen LogP contribution in [0, 0.1) is 0 Å². The lowest BCUT2D eigenvalue weighted by molar-refractivity contribution is -0.118. The van der Waals surface area contributed by atoms with Crippen molar-refractivity contribution in [1.82, 2.24) is 10.3 Å². The molecule has 0 saturated heterocycles. The first-order valence-electron chi connectivity index (χ1n) is 6.84. The molecule has 1 aromatic heterocycles. The van der Waals surface area contributed by atoms with Crippen molar-refractivity contribution >= 4 is 30.1 Å². The SMILES string of the molecule is Cl.NCCCNC(=O)CSCc1coc(-c2ccccc2)n1. The predicted molar refractivity (Wildman–Crippen MR) is 92.0 cm³/mol. The van der Waals surface area contributed by atoms with Crippen molar-refractivity contribution in [1.29, 1.82) is 0 Å². The number of nitrogens with one attached hydrogen (secondary N) is 1. The Morgan fingerprint density at radius 3 is 2.82 bits per heavy atom. The van der Waals surface area contributed by atoms with Gasteiger partial charge in [0.25, 0.3) is 0 Å². The zero-order chi connectivity index (χ0) is 14.9. The molecule has 1 aromatic carbocycles. The normalized spacial score (nSPS) is 10.0. The van der Waals surface area contributed by atoms with Gasteiger partial charge in [-0.05, 0) is 25.1 Å². The van der Waals surface area contributed by atoms with Gasteiger partial charge in [-0.1, -0.05) is 18.2 Å². The van der Waals surface area contributed by atoms with Gasteiger partial charge in [-0.15, -0.1) is 24.2 Å². The van der Waals surface area contributed by atoms with Gasteiger partial charge in [0.2, 0.25) is 11.8 Å². The van der Waals surface area contributed by atoms with Crippen LogP contribution in [0.25, 0.3) is 11.5 Å². The molecule has 0 saturated carbocycles. The van der Waals surface area contributed by atoms with Crippen molar-refractivity contribution in [2.24, 2.45) is 5.73 Å². The molecule has 0 bridgehead atoms. The molecule has 3 N–H and O–H groups in total. The number of carbonyl (C=O) groups excluding carboxylic acids is 1. The van der Waals surface area contributed by atoms with E-state index in [2.05, 4.69) is 10.3 Å². The predicted octanol–water partition coefficient (Wildman–Crippen LogP) is 2.46. The molecule has 7 heteroatoms. The number of thioether (sulfide) groups is 1. The molecular weight excluding hydrogens is 322 g/mol. The zero-order valence-corrected chi connectivity index (χ0v) is 13.8. The number of carbonyl (C=O) groups is 1. The quantitative estimate of drug-likeness (QED) is 0.721. The summed E-state index contributed by atoms with van der Waals surface area (Å²) in [5.41, 5.74) is 7.16. The molecule has 0 spiro atoms. The van der Waals surface area contributed by atoms with Crippen molar-refractivity contribution in [2.75, 3.05) is 18.8 Å². The molecular formula is C15H20ClN3O2S. The Balaban J connectivity index is 0.00000242. The largest absolute Gasteiger partial charge is 0.444 e. The zero-order valence-electron chi connectivity index (χ0n) is 12.2. The molecule has 0 aliphatic heterocycles. The molecule has 1 amide bonds. The van der Waals surface area contributed by atoms with E-state index in [9.17, 15) is 4.79 Å². The average molecular weight is 342 g/mol. The van der Waals surface area contributed by atoms with Crippen LogP contribution in [0.3, 0.4) is 0 Å². The summed E-state index contributed by atoms with van der Waals surface area (Å²) < 4.78 is 5.45. The Hall–Kier alpha value is -1.50. The van der Waals surface area contributed by atoms with Crippen molar-refractivity contribution in [3.8, 4) is 11.5 Å². The van der Waals surface area contributed by atoms with Crippen LogP contribution in [0.2, 0.25) is 0 Å². The first-order chi connectivity index (χ1) is 10.3. The Labute approximate surface area is 140 Å². The number of oxazole rings is 1. The summed E-state index contributed by atoms with van der Waals surface area (Å²) in [5, 5.41) is 2.82. The minimum absolute atomic E-state index is 0. The molecule has 5 nitrogen and oxygen atoms in total. The van der Waals surface area contributed by atoms with Crippen LogP contribution in [0.5, 0.6) is 0 Å². The van der Waals surface area contributed by atoms with Gasteiger partial charge in [0.15, 0.2) is 0 Å². The first kappa shape index (κ1) is 18.5. The van der Waals surface area contributed by atoms with Gasteiger partial charge in [-0.2, -0.15) is 0 Å². The molecule has 22 heavy (non-hydrogen) atoms. The fraction of sp³-hybridized carbons (Fsp3) is 0.333. The maximum absolute atomic E-state index is 11.5. The summed E-state index contributed by atoms with van der Waals surface area (Å²) >= 11 is 1.52. The monoisotopic (exact) mass is 341 g/mol. The second kappa shape index (κ2) is 10.3. The maximum Gasteiger partial charge on any atom is 0.230 e. The minimum Gasteiger partial charge on any atom is -0.444 e. The number of nitrogens with two attached hydrogens (primary N) is 1. The van der Waals surface area contributed by atoms with E-state index in [-0.39, 0.29) is 18.3 Å². The molecule has 0 aliphatic carbocycles. The Morgan fingerprint density at radius 2 is 2.09 bits per heavy atom. The number of amides is 1. The van der Waals surface area contributed by atoms with Crippen LogP contribution in [-0.2, 0) is 10.5 Å². The van der Waals surface area contributed by atoms with Crippen LogP contribution in [0.15, 0.2) is 41.0 Å². The summed E-state index contributed by atoms with van der Waals surface area (Å²) in [4.78, 5) is 15.9. The number of nitrogens with zero attached hydrogens (tertiary/aromatic N) is 1. The van der Waals surface area contributed by atoms with E-state index in [1.807, 2.05) is 30.3 Å². The van der Waals surface area contributed by atoms with Gasteiger partial charge in [-0.3, -0.25) is 4.79 Å². The standard InChI is InChI=1S/C15H19N3O2S.ClH/c16-7-4-8-17-14(19)11-21-10-13-9-20-15(18-13)12-5-2-1-3-6-12;/h1-3,5-6,9H,4,7-8,10-11,16H2,(H,17,19);1H. The number of aromatic nitrogens is 1. The van der Waals surface area contributed by atoms with Gasteiger partial charge in [0.1, 0.15) is 6.26 Å². The van der Waals surface area contributed by atoms with Gasteiger partial charge in [-0.25, -0.2) is 4.98 Å². The van der Waals surface area contributed by atoms with Crippen LogP contribution < -0.4 is 11.1 Å². The number of hydrogen-bond acceptors (Lipinski definition) is 5. The summed E-state index contributed by atoms with van der Waals surface area (Å²) in [6, 6.07) is 9.74. The smallest absolute Gasteiger partial charge is 0.230 e. The van der Waals surface area contributed by atoms with E-state index in [1.165, 1.54) is 11.8 Å². The van der Waals surface area contributed by atoms with Crippen LogP contribution in [0.1, 0.15) is 12.1 Å². The topological polar surface area (TPSA) is 81.1 Å². The molecule has 0 radical (unpaired) electrons. The van der Waals surface area contributed by atoms with Crippen LogP contribution >= 0.6 is 24.2 Å². The van der Waals surface area contributed by atoms with Crippen molar-refractivity contribution in [3.05, 3.63) is 42.3 Å². The van der Waals surface area contributed by atoms with E-state index < -0.39 is 0 Å². The number of rotatable bonds is 8. The van der Waals surface area contributed by atoms with Crippen LogP contribution in [0.4, 0.5) is 0 Å². The second-order valence-corrected chi connectivity index (χ2v) is 5.48. The third-order valence-electron chi connectivity index (χ3n) is 2.76. The fourth-order valence-electron chi connectivity index (χ4n) is 1.72. The van der Waals surface area contributed by atoms with E-state index in [0.717, 1.165) is 17.7 Å². The molecule has 0 unspecified atom stereocenters. The first-order valence-corrected chi connectivity index (χ1v) is 7.99. The molecule has 120 valence electrons. The van der Waals surface area contributed by atoms with Crippen molar-refractivity contribution in [3.63, 3.8) is 0 Å². The third kappa shape index (κ3) is 6.09. The maximum atomic E-state index is 11.5. The summed E-state index contributed by atoms with van der Waals surface area (Å²) in [7, 11) is 0. The highest BCUT2D eigenvalue weighted by atomic mass is 35.5. The number of benzene rings is 1. The highest BCUT2D eigenvalue weighted by Gasteiger charge is 2.07. The van der Waals surface area contributed by atoms with Gasteiger partial charge in [0.05, 0.1) is 11.4 Å². The minimum atomic E-state index is 0. The van der Waals surface area contributed by atoms with E-state index in [1.54, 1.807) is 6.26 Å². The lowest BCUT2D eigenvalue weighted by atomic mass is 10.2. The molecule has 1 heterocycles. The van der Waals surface area contributed by atoms with Crippen LogP contribution in [-0.4, -0.2) is 29.7 Å². The van der Waals surface area contributed by atoms with Gasteiger partial charge >= 0.3 is 0 Å². The average Bonchev–Trinajstić information content (AvgIpc) is 2.97. The Kier molecular flexibility index (Phi) is 8.65. The highest BCUT2D eigenvalue weighted by molar-refractivity contribution is 7.99. The van der Waals surface area contributed by atoms with E-state index in [0.29, 0.717) is 30.5 Å². The number of hydrogen-bond donors (Lipinski definition) is 2. The Bertz CT molecular complexity index is 563. The second-order valence-electron chi connectivity index (χ2n) is 4.50. The van der Waals surface area contributed by atoms with Gasteiger partial charge in [0, 0.05) is 17.9 Å². The van der Waals surface area contributed by atoms with E-state index in [4.69, 9.17) is 10.2 Å². The van der Waals surface area contributed by atoms with Crippen molar-refractivity contribution < 1.29 is 9.21 Å². The number of halogens is 1. The molecule has 2 rings (SSSR count). The third-order valence-corrected chi connectivity index (χ3v) is 3.72. The molecule has 2 aromatic rings. The van der Waals surface area contributed by atoms with E-state index >= 15 is 0 Å². The summed E-state index contributed by atoms with van der Waals surface area (Å²) in [5.74, 6) is 1.71. The fourth-order valence-corrected chi connectivity index (χ4v) is 2.45. The lowest BCUT2D eigenvalue weighted by Crippen LogP contribution is -2.27. The lowest BCUT2D eigenvalue weighted by Gasteiger charge is -2.02. The molecule has 0 atom stereocenters. The highest BCUT2D eigenvalue weighted by Crippen LogP contribution is 2.20. The summed E-state index contributed by atoms with van der Waals surface area (Å²) in [6.07, 6.45) is 2.45.